The van der Waals surface area contributed by atoms with E-state index >= 15 is 0 Å². The number of rotatable bonds is 43. The van der Waals surface area contributed by atoms with Gasteiger partial charge in [-0.05, 0) is 19.3 Å². The summed E-state index contributed by atoms with van der Waals surface area (Å²) in [5.74, 6) is -7.37. The molecule has 4 rings (SSSR count). The minimum absolute atomic E-state index is 0.159. The maximum Gasteiger partial charge on any atom is 0.364 e. The Bertz CT molecular complexity index is 2070. The van der Waals surface area contributed by atoms with Gasteiger partial charge in [0.15, 0.2) is 18.9 Å². The quantitative estimate of drug-likeness (QED) is 0.0252. The van der Waals surface area contributed by atoms with Gasteiger partial charge in [0.25, 0.3) is 5.79 Å². The summed E-state index contributed by atoms with van der Waals surface area (Å²) in [4.78, 5) is 51.7. The van der Waals surface area contributed by atoms with Crippen LogP contribution in [0.4, 0.5) is 0 Å². The monoisotopic (exact) mass is 1300 g/mol. The van der Waals surface area contributed by atoms with Gasteiger partial charge in [0, 0.05) is 26.7 Å². The molecule has 0 aliphatic carbocycles. The second-order valence-corrected chi connectivity index (χ2v) is 24.3. The Balaban J connectivity index is 1.60. The van der Waals surface area contributed by atoms with Crippen LogP contribution in [0, 0.1) is 0 Å². The minimum Gasteiger partial charge on any atom is -0.477 e. The number of nitrogens with one attached hydrogen (secondary N) is 3. The summed E-state index contributed by atoms with van der Waals surface area (Å²) in [6, 6.07) is -4.51. The van der Waals surface area contributed by atoms with Gasteiger partial charge in [-0.15, -0.1) is 0 Å². The van der Waals surface area contributed by atoms with Crippen LogP contribution < -0.4 is 16.0 Å². The highest BCUT2D eigenvalue weighted by Crippen LogP contribution is 2.40. The summed E-state index contributed by atoms with van der Waals surface area (Å²) < 4.78 is 47.7. The number of aliphatic hydroxyl groups excluding tert-OH is 13. The van der Waals surface area contributed by atoms with Crippen molar-refractivity contribution in [1.82, 2.24) is 16.0 Å². The van der Waals surface area contributed by atoms with Crippen molar-refractivity contribution in [1.29, 1.82) is 0 Å². The van der Waals surface area contributed by atoms with Crippen LogP contribution in [-0.2, 0) is 57.1 Å². The number of aliphatic hydroxyl groups is 13. The lowest BCUT2D eigenvalue weighted by Gasteiger charge is -2.52. The van der Waals surface area contributed by atoms with Crippen molar-refractivity contribution < 1.29 is 129 Å². The van der Waals surface area contributed by atoms with Crippen molar-refractivity contribution in [3.8, 4) is 0 Å². The van der Waals surface area contributed by atoms with Crippen molar-refractivity contribution in [2.45, 2.75) is 316 Å². The Hall–Kier alpha value is -3.22. The number of carbonyl (C=O) groups excluding carboxylic acids is 3. The number of allylic oxidation sites excluding steroid dienone is 1. The average Bonchev–Trinajstić information content (AvgIpc) is 0.807. The number of carboxylic acid groups (broad SMARTS) is 1. The summed E-state index contributed by atoms with van der Waals surface area (Å²) >= 11 is 0. The number of hydrogen-bond donors (Lipinski definition) is 17. The van der Waals surface area contributed by atoms with Gasteiger partial charge >= 0.3 is 5.97 Å². The highest BCUT2D eigenvalue weighted by atomic mass is 16.8. The molecule has 0 bridgehead atoms. The van der Waals surface area contributed by atoms with E-state index in [2.05, 4.69) is 29.8 Å². The standard InChI is InChI=1S/C61H109N3O26/c1-5-7-9-11-13-15-16-17-18-20-21-23-25-27-38(71)37(64-44(74)28-26-24-22-19-14-12-10-8-6-2)34-83-58-51(79)50(78)53(42(32-67)85-58)87-59-52(80)56(54(43(33-68)86-59)88-57-46(63-36(4)70)49(77)48(76)41(31-66)84-57)90-61(60(81)82)29-39(72)45(62-35(3)69)55(89-61)47(75)40(73)30-65/h25,27,37-43,45-59,65-68,71-73,75-80H,5-24,26,28-34H2,1-4H3,(H,62,69)(H,63,70)(H,64,74)(H,81,82)/t37-,38+,39-,40+,41+,42+,43+,45+,46+,47+,48-,49+,50+,51+,52+,53+,54-,55?,56+,57-,58+,59-,61-/m0/s1. The number of carbonyl (C=O) groups is 4. The lowest BCUT2D eigenvalue weighted by Crippen LogP contribution is -2.72. The van der Waals surface area contributed by atoms with Gasteiger partial charge in [-0.25, -0.2) is 4.79 Å². The van der Waals surface area contributed by atoms with E-state index in [1.165, 1.54) is 57.8 Å². The average molecular weight is 1300 g/mol. The largest absolute Gasteiger partial charge is 0.477 e. The van der Waals surface area contributed by atoms with E-state index < -0.39 is 198 Å². The summed E-state index contributed by atoms with van der Waals surface area (Å²) in [5.41, 5.74) is 0. The molecule has 524 valence electrons. The van der Waals surface area contributed by atoms with Gasteiger partial charge in [0.2, 0.25) is 17.7 Å². The fraction of sp³-hybridized carbons (Fsp3) is 0.902. The van der Waals surface area contributed by atoms with E-state index in [0.29, 0.717) is 12.8 Å². The van der Waals surface area contributed by atoms with Crippen LogP contribution in [0.5, 0.6) is 0 Å². The summed E-state index contributed by atoms with van der Waals surface area (Å²) in [5, 5.41) is 162. The van der Waals surface area contributed by atoms with E-state index in [4.69, 9.17) is 37.9 Å². The SMILES string of the molecule is CCCCCCCCCCCCCC=C[C@@H](O)[C@H](CO[C@@H]1O[C@H](CO)[C@@H](O[C@@H]2O[C@H](CO)[C@H](O[C@@H]3O[C@H](CO)[C@H](O)[C@H](O)[C@H]3NC(C)=O)[C@H](O[C@]3(C(=O)O)C[C@H](O)[C@@H](NC(C)=O)C([C@H](O)[C@H](O)CO)O3)[C@H]2O)[C@H](O)[C@H]1O)NC(=O)CCCCCCCCCCC. The van der Waals surface area contributed by atoms with Crippen LogP contribution in [0.2, 0.25) is 0 Å². The molecule has 4 aliphatic rings. The van der Waals surface area contributed by atoms with Crippen LogP contribution in [-0.4, -0.2) is 269 Å². The summed E-state index contributed by atoms with van der Waals surface area (Å²) in [7, 11) is 0. The third-order valence-electron chi connectivity index (χ3n) is 17.0. The Morgan fingerprint density at radius 3 is 1.61 bits per heavy atom. The van der Waals surface area contributed by atoms with Crippen molar-refractivity contribution >= 4 is 23.7 Å². The molecular weight excluding hydrogens is 1190 g/mol. The molecule has 3 amide bonds. The number of aliphatic carboxylic acids is 1. The first-order valence-electron chi connectivity index (χ1n) is 32.6. The third-order valence-corrected chi connectivity index (χ3v) is 17.0. The van der Waals surface area contributed by atoms with Crippen LogP contribution in [0.15, 0.2) is 12.2 Å². The zero-order valence-electron chi connectivity index (χ0n) is 52.8. The molecule has 23 atom stereocenters. The second kappa shape index (κ2) is 41.6. The second-order valence-electron chi connectivity index (χ2n) is 24.3. The number of ether oxygens (including phenoxy) is 8. The van der Waals surface area contributed by atoms with E-state index in [0.717, 1.165) is 78.1 Å². The maximum atomic E-state index is 13.5. The molecule has 0 aromatic rings. The molecule has 4 heterocycles. The lowest BCUT2D eigenvalue weighted by molar-refractivity contribution is -0.401. The fourth-order valence-corrected chi connectivity index (χ4v) is 11.8. The van der Waals surface area contributed by atoms with E-state index in [1.54, 1.807) is 6.08 Å². The van der Waals surface area contributed by atoms with Crippen molar-refractivity contribution in [3.05, 3.63) is 12.2 Å². The zero-order chi connectivity index (χ0) is 66.5. The van der Waals surface area contributed by atoms with Crippen LogP contribution in [0.1, 0.15) is 175 Å². The van der Waals surface area contributed by atoms with Crippen LogP contribution in [0.3, 0.4) is 0 Å². The Labute approximate surface area is 527 Å². The van der Waals surface area contributed by atoms with Gasteiger partial charge in [0.1, 0.15) is 91.5 Å². The number of amides is 3. The fourth-order valence-electron chi connectivity index (χ4n) is 11.8. The summed E-state index contributed by atoms with van der Waals surface area (Å²) in [6.07, 6.45) is -12.7. The first kappa shape index (κ1) is 79.2. The molecule has 0 aromatic carbocycles. The molecule has 29 nitrogen and oxygen atoms in total. The molecule has 0 spiro atoms. The summed E-state index contributed by atoms with van der Waals surface area (Å²) in [6.45, 7) is 1.66. The smallest absolute Gasteiger partial charge is 0.364 e. The molecule has 17 N–H and O–H groups in total. The molecule has 0 radical (unpaired) electrons. The molecule has 29 heteroatoms. The first-order chi connectivity index (χ1) is 43.0. The van der Waals surface area contributed by atoms with E-state index in [-0.39, 0.29) is 12.3 Å². The van der Waals surface area contributed by atoms with Crippen molar-refractivity contribution in [2.24, 2.45) is 0 Å². The molecule has 4 fully saturated rings. The normalized spacial score (nSPS) is 33.7. The van der Waals surface area contributed by atoms with Crippen molar-refractivity contribution in [3.63, 3.8) is 0 Å². The number of unbranched alkanes of at least 4 members (excludes halogenated alkanes) is 19. The number of carboxylic acids is 1. The highest BCUT2D eigenvalue weighted by molar-refractivity contribution is 5.77. The molecule has 0 aromatic heterocycles. The molecule has 4 saturated heterocycles. The molecule has 90 heavy (non-hydrogen) atoms. The highest BCUT2D eigenvalue weighted by Gasteiger charge is 2.61. The van der Waals surface area contributed by atoms with E-state index in [1.807, 2.05) is 6.08 Å². The predicted molar refractivity (Wildman–Crippen MR) is 318 cm³/mol. The molecule has 4 aliphatic heterocycles. The van der Waals surface area contributed by atoms with E-state index in [9.17, 15) is 90.7 Å². The van der Waals surface area contributed by atoms with Crippen LogP contribution in [0.25, 0.3) is 0 Å². The van der Waals surface area contributed by atoms with Gasteiger partial charge in [-0.3, -0.25) is 14.4 Å². The first-order valence-corrected chi connectivity index (χ1v) is 32.6. The van der Waals surface area contributed by atoms with Gasteiger partial charge in [0.05, 0.1) is 57.3 Å². The Morgan fingerprint density at radius 1 is 0.578 bits per heavy atom. The molecule has 1 unspecified atom stereocenters. The predicted octanol–water partition coefficient (Wildman–Crippen LogP) is -1.21. The van der Waals surface area contributed by atoms with Crippen LogP contribution >= 0.6 is 0 Å². The maximum absolute atomic E-state index is 13.5. The Morgan fingerprint density at radius 2 is 1.08 bits per heavy atom. The number of hydrogen-bond acceptors (Lipinski definition) is 25. The Kier molecular flexibility index (Phi) is 36.6. The van der Waals surface area contributed by atoms with Gasteiger partial charge < -0.3 is 125 Å². The molecular formula is C61H109N3O26. The zero-order valence-corrected chi connectivity index (χ0v) is 52.8. The lowest BCUT2D eigenvalue weighted by atomic mass is 9.88. The van der Waals surface area contributed by atoms with Gasteiger partial charge in [-0.2, -0.15) is 0 Å². The third kappa shape index (κ3) is 24.2. The molecule has 0 saturated carbocycles. The van der Waals surface area contributed by atoms with Gasteiger partial charge in [-0.1, -0.05) is 142 Å². The van der Waals surface area contributed by atoms with Crippen molar-refractivity contribution in [2.75, 3.05) is 33.0 Å². The topological polar surface area (TPSA) is 461 Å². The minimum atomic E-state index is -3.28.